The van der Waals surface area contributed by atoms with E-state index in [4.69, 9.17) is 33.3 Å². The van der Waals surface area contributed by atoms with E-state index in [0.717, 1.165) is 18.6 Å². The number of fused-ring (bicyclic) bond motifs is 4. The molecule has 3 aliphatic rings. The van der Waals surface area contributed by atoms with Gasteiger partial charge in [-0.05, 0) is 0 Å². The van der Waals surface area contributed by atoms with Crippen molar-refractivity contribution in [2.24, 2.45) is 0 Å². The van der Waals surface area contributed by atoms with Gasteiger partial charge < -0.3 is 20.1 Å². The predicted octanol–water partition coefficient (Wildman–Crippen LogP) is 0.385. The van der Waals surface area contributed by atoms with Crippen LogP contribution in [0.15, 0.2) is 34.5 Å². The Bertz CT molecular complexity index is 1730. The number of alkyl halides is 2. The summed E-state index contributed by atoms with van der Waals surface area (Å²) in [5.74, 6) is 0.00863. The first-order valence-electron chi connectivity index (χ1n) is 12.0. The number of halogens is 2. The lowest BCUT2D eigenvalue weighted by atomic mass is 10.1. The summed E-state index contributed by atoms with van der Waals surface area (Å²) in [5, 5.41) is 0. The Balaban J connectivity index is 1.32. The van der Waals surface area contributed by atoms with Gasteiger partial charge in [0, 0.05) is 12.3 Å². The van der Waals surface area contributed by atoms with Crippen LogP contribution in [0.4, 0.5) is 14.6 Å². The standard InChI is InChI=1S/C19H21F2N7O11P2S/c20-10-7-3-34-40(31,32)38-13-8(37-17(11(13)21)27-2-1-9(29)26-19(27)30)4-35-41(33,42)39-14(10)18(36-7)28-6-25-12-15(22)23-5-24-16(12)28/h1-2,5-8,10-11,13-14,17-18H,3-4H2,(H,31,32)(H,33,42)(H2,22,23,24)(H,26,29,30)/t7-,8-,10-,11-,13-,14-,17-,18-,41?/m1/s1. The van der Waals surface area contributed by atoms with E-state index in [1.807, 2.05) is 4.98 Å². The Hall–Kier alpha value is -2.58. The molecule has 3 aromatic rings. The van der Waals surface area contributed by atoms with Crippen molar-refractivity contribution in [3.05, 3.63) is 45.8 Å². The van der Waals surface area contributed by atoms with E-state index in [1.54, 1.807) is 0 Å². The molecule has 0 spiro atoms. The highest BCUT2D eigenvalue weighted by atomic mass is 32.7. The molecule has 0 saturated carbocycles. The maximum Gasteiger partial charge on any atom is 0.472 e. The number of nitrogens with one attached hydrogen (secondary N) is 1. The molecular weight excluding hydrogens is 634 g/mol. The van der Waals surface area contributed by atoms with Gasteiger partial charge in [0.25, 0.3) is 5.56 Å². The summed E-state index contributed by atoms with van der Waals surface area (Å²) in [6.07, 6.45) is -11.3. The van der Waals surface area contributed by atoms with Crippen LogP contribution in [0.2, 0.25) is 0 Å². The van der Waals surface area contributed by atoms with E-state index in [1.165, 1.54) is 10.9 Å². The number of phosphoric ester groups is 1. The van der Waals surface area contributed by atoms with Gasteiger partial charge in [-0.15, -0.1) is 0 Å². The normalized spacial score (nSPS) is 39.3. The van der Waals surface area contributed by atoms with Gasteiger partial charge in [-0.25, -0.2) is 37.7 Å². The first kappa shape index (κ1) is 29.5. The van der Waals surface area contributed by atoms with Crippen LogP contribution in [0.5, 0.6) is 0 Å². The molecule has 2 unspecified atom stereocenters. The van der Waals surface area contributed by atoms with E-state index < -0.39 is 88.3 Å². The van der Waals surface area contributed by atoms with Crippen LogP contribution in [-0.4, -0.2) is 83.9 Å². The molecular formula is C19H21F2N7O11P2S. The molecule has 3 aromatic heterocycles. The third-order valence-corrected chi connectivity index (χ3v) is 9.23. The molecule has 3 fully saturated rings. The molecule has 228 valence electrons. The number of nitrogens with zero attached hydrogens (tertiary/aromatic N) is 5. The number of thiol groups is 1. The molecule has 3 saturated heterocycles. The monoisotopic (exact) mass is 655 g/mol. The second-order valence-electron chi connectivity index (χ2n) is 9.29. The number of hydrogen-bond donors (Lipinski definition) is 4. The zero-order valence-electron chi connectivity index (χ0n) is 20.8. The molecule has 3 aliphatic heterocycles. The number of anilines is 1. The van der Waals surface area contributed by atoms with Gasteiger partial charge in [-0.3, -0.25) is 37.0 Å². The Morgan fingerprint density at radius 1 is 1.00 bits per heavy atom. The van der Waals surface area contributed by atoms with Gasteiger partial charge in [0.15, 0.2) is 36.3 Å². The third kappa shape index (κ3) is 5.45. The summed E-state index contributed by atoms with van der Waals surface area (Å²) < 4.78 is 91.0. The number of rotatable bonds is 2. The van der Waals surface area contributed by atoms with Gasteiger partial charge in [0.2, 0.25) is 0 Å². The minimum absolute atomic E-state index is 0.00863. The highest BCUT2D eigenvalue weighted by Crippen LogP contribution is 2.58. The van der Waals surface area contributed by atoms with Crippen LogP contribution in [0, 0.1) is 0 Å². The smallest absolute Gasteiger partial charge is 0.382 e. The number of aromatic nitrogens is 6. The van der Waals surface area contributed by atoms with Crippen LogP contribution < -0.4 is 17.0 Å². The van der Waals surface area contributed by atoms with Crippen LogP contribution >= 0.6 is 26.9 Å². The topological polar surface area (TPSA) is 234 Å². The summed E-state index contributed by atoms with van der Waals surface area (Å²) in [7, 11) is -5.17. The lowest BCUT2D eigenvalue weighted by Gasteiger charge is -2.25. The second kappa shape index (κ2) is 10.8. The Labute approximate surface area is 237 Å². The van der Waals surface area contributed by atoms with Crippen LogP contribution in [0.1, 0.15) is 12.5 Å². The fourth-order valence-corrected chi connectivity index (χ4v) is 7.14. The number of ether oxygens (including phenoxy) is 2. The number of aromatic amines is 1. The van der Waals surface area contributed by atoms with E-state index in [2.05, 4.69) is 27.2 Å². The number of hydrogen-bond acceptors (Lipinski definition) is 14. The SMILES string of the molecule is Nc1ncnc2c1ncn2[C@@H]1O[C@@H]2COP(=O)(O)O[C@H]3[C@@H](F)[C@H](n4ccc(=O)[nH]c4=O)O[C@@H]3COP(=O)(S)O[C@@H]1[C@@H]2F. The van der Waals surface area contributed by atoms with E-state index in [-0.39, 0.29) is 17.0 Å². The number of nitrogens with two attached hydrogens (primary N) is 1. The van der Waals surface area contributed by atoms with Crippen molar-refractivity contribution >= 4 is 43.9 Å². The average Bonchev–Trinajstić information content (AvgIpc) is 3.57. The highest BCUT2D eigenvalue weighted by molar-refractivity contribution is 8.44. The van der Waals surface area contributed by atoms with Crippen LogP contribution in [0.25, 0.3) is 11.2 Å². The quantitative estimate of drug-likeness (QED) is 0.216. The lowest BCUT2D eigenvalue weighted by Crippen LogP contribution is -2.36. The molecule has 0 radical (unpaired) electrons. The van der Waals surface area contributed by atoms with Crippen LogP contribution in [-0.2, 0) is 36.7 Å². The summed E-state index contributed by atoms with van der Waals surface area (Å²) in [4.78, 5) is 47.9. The van der Waals surface area contributed by atoms with Crippen molar-refractivity contribution in [1.82, 2.24) is 29.1 Å². The molecule has 6 heterocycles. The third-order valence-electron chi connectivity index (χ3n) is 6.63. The lowest BCUT2D eigenvalue weighted by molar-refractivity contribution is -0.0620. The average molecular weight is 655 g/mol. The van der Waals surface area contributed by atoms with Gasteiger partial charge in [0.1, 0.15) is 36.3 Å². The fraction of sp³-hybridized carbons (Fsp3) is 0.526. The maximum atomic E-state index is 15.7. The first-order chi connectivity index (χ1) is 19.8. The zero-order chi connectivity index (χ0) is 30.0. The van der Waals surface area contributed by atoms with Gasteiger partial charge in [-0.1, -0.05) is 12.2 Å². The Morgan fingerprint density at radius 2 is 1.74 bits per heavy atom. The molecule has 18 nitrogen and oxygen atoms in total. The second-order valence-corrected chi connectivity index (χ2v) is 13.6. The summed E-state index contributed by atoms with van der Waals surface area (Å²) in [5.41, 5.74) is 4.24. The first-order valence-corrected chi connectivity index (χ1v) is 16.2. The molecule has 23 heteroatoms. The van der Waals surface area contributed by atoms with Crippen molar-refractivity contribution in [3.8, 4) is 0 Å². The van der Waals surface area contributed by atoms with Gasteiger partial charge >= 0.3 is 20.3 Å². The molecule has 0 amide bonds. The molecule has 6 rings (SSSR count). The summed E-state index contributed by atoms with van der Waals surface area (Å²) in [6.45, 7) is -6.27. The Kier molecular flexibility index (Phi) is 7.62. The van der Waals surface area contributed by atoms with E-state index in [9.17, 15) is 23.6 Å². The predicted molar refractivity (Wildman–Crippen MR) is 137 cm³/mol. The fourth-order valence-electron chi connectivity index (χ4n) is 4.73. The van der Waals surface area contributed by atoms with Gasteiger partial charge in [-0.2, -0.15) is 0 Å². The van der Waals surface area contributed by atoms with Crippen molar-refractivity contribution in [2.75, 3.05) is 18.9 Å². The number of phosphoric acid groups is 1. The molecule has 2 bridgehead atoms. The highest BCUT2D eigenvalue weighted by Gasteiger charge is 2.54. The molecule has 10 atom stereocenters. The number of nitrogen functional groups attached to an aromatic ring is 1. The number of H-pyrrole nitrogens is 1. The van der Waals surface area contributed by atoms with E-state index >= 15 is 8.78 Å². The molecule has 42 heavy (non-hydrogen) atoms. The molecule has 0 aromatic carbocycles. The van der Waals surface area contributed by atoms with E-state index in [0.29, 0.717) is 4.57 Å². The number of imidazole rings is 1. The summed E-state index contributed by atoms with van der Waals surface area (Å²) in [6, 6.07) is 0.919. The minimum Gasteiger partial charge on any atom is -0.382 e. The van der Waals surface area contributed by atoms with Crippen molar-refractivity contribution in [1.29, 1.82) is 0 Å². The van der Waals surface area contributed by atoms with Crippen molar-refractivity contribution in [2.45, 2.75) is 49.2 Å². The van der Waals surface area contributed by atoms with Crippen molar-refractivity contribution < 1.29 is 50.4 Å². The zero-order valence-corrected chi connectivity index (χ0v) is 23.5. The minimum atomic E-state index is -5.17. The largest absolute Gasteiger partial charge is 0.472 e. The van der Waals surface area contributed by atoms with Crippen LogP contribution in [0.3, 0.4) is 0 Å². The molecule has 0 aliphatic carbocycles. The van der Waals surface area contributed by atoms with Crippen molar-refractivity contribution in [3.63, 3.8) is 0 Å². The van der Waals surface area contributed by atoms with Gasteiger partial charge in [0.05, 0.1) is 19.5 Å². The maximum absolute atomic E-state index is 15.7. The Morgan fingerprint density at radius 3 is 2.50 bits per heavy atom. The molecule has 4 N–H and O–H groups in total. The summed E-state index contributed by atoms with van der Waals surface area (Å²) >= 11 is 3.91.